The van der Waals surface area contributed by atoms with Gasteiger partial charge < -0.3 is 9.47 Å². The molecule has 1 saturated carbocycles. The standard InChI is InChI=1S/C19H24N2O2S/c1-14-6-11-24-18(14)12-21-9-10-22-17-3-2-16(21)19(17)23-13-15-4-7-20-8-5-15/h4-8,11,16-17,19H,2-3,9-10,12-13H2,1H3/t16-,17-,19-/m0/s1. The maximum absolute atomic E-state index is 6.32. The number of pyridine rings is 1. The van der Waals surface area contributed by atoms with Gasteiger partial charge in [-0.25, -0.2) is 0 Å². The van der Waals surface area contributed by atoms with Crippen LogP contribution in [-0.2, 0) is 22.6 Å². The van der Waals surface area contributed by atoms with Crippen molar-refractivity contribution in [1.29, 1.82) is 0 Å². The Hall–Kier alpha value is -1.27. The van der Waals surface area contributed by atoms with Gasteiger partial charge in [0, 0.05) is 36.4 Å². The largest absolute Gasteiger partial charge is 0.374 e. The Labute approximate surface area is 147 Å². The molecule has 0 N–H and O–H groups in total. The van der Waals surface area contributed by atoms with Crippen molar-refractivity contribution in [3.05, 3.63) is 52.0 Å². The molecule has 1 saturated heterocycles. The van der Waals surface area contributed by atoms with Gasteiger partial charge in [0.25, 0.3) is 0 Å². The highest BCUT2D eigenvalue weighted by Crippen LogP contribution is 2.34. The fraction of sp³-hybridized carbons (Fsp3) is 0.526. The van der Waals surface area contributed by atoms with Crippen molar-refractivity contribution in [2.45, 2.75) is 51.2 Å². The molecule has 2 aliphatic rings. The second-order valence-electron chi connectivity index (χ2n) is 6.68. The molecule has 128 valence electrons. The Kier molecular flexibility index (Phi) is 4.94. The average molecular weight is 344 g/mol. The number of ether oxygens (including phenoxy) is 2. The van der Waals surface area contributed by atoms with E-state index < -0.39 is 0 Å². The first-order valence-electron chi connectivity index (χ1n) is 8.70. The highest BCUT2D eigenvalue weighted by atomic mass is 32.1. The van der Waals surface area contributed by atoms with E-state index in [4.69, 9.17) is 9.47 Å². The molecule has 2 aromatic rings. The molecule has 4 nitrogen and oxygen atoms in total. The highest BCUT2D eigenvalue weighted by molar-refractivity contribution is 7.10. The van der Waals surface area contributed by atoms with Crippen molar-refractivity contribution in [2.24, 2.45) is 0 Å². The number of fused-ring (bicyclic) bond motifs is 2. The summed E-state index contributed by atoms with van der Waals surface area (Å²) in [4.78, 5) is 8.11. The van der Waals surface area contributed by atoms with Crippen LogP contribution in [0.4, 0.5) is 0 Å². The fourth-order valence-electron chi connectivity index (χ4n) is 3.80. The number of nitrogens with zero attached hydrogens (tertiary/aromatic N) is 2. The third-order valence-electron chi connectivity index (χ3n) is 5.18. The molecule has 1 aliphatic carbocycles. The van der Waals surface area contributed by atoms with E-state index in [0.717, 1.165) is 32.5 Å². The van der Waals surface area contributed by atoms with Crippen molar-refractivity contribution in [1.82, 2.24) is 9.88 Å². The summed E-state index contributed by atoms with van der Waals surface area (Å²) in [7, 11) is 0. The quantitative estimate of drug-likeness (QED) is 0.833. The Morgan fingerprint density at radius 3 is 2.96 bits per heavy atom. The van der Waals surface area contributed by atoms with E-state index in [1.165, 1.54) is 16.0 Å². The molecular weight excluding hydrogens is 320 g/mol. The monoisotopic (exact) mass is 344 g/mol. The molecule has 24 heavy (non-hydrogen) atoms. The molecule has 1 aliphatic heterocycles. The minimum absolute atomic E-state index is 0.168. The number of thiophene rings is 1. The van der Waals surface area contributed by atoms with Crippen LogP contribution in [0, 0.1) is 6.92 Å². The molecule has 0 aromatic carbocycles. The topological polar surface area (TPSA) is 34.6 Å². The lowest BCUT2D eigenvalue weighted by atomic mass is 10.1. The van der Waals surface area contributed by atoms with Crippen LogP contribution in [0.25, 0.3) is 0 Å². The first-order valence-corrected chi connectivity index (χ1v) is 9.58. The number of hydrogen-bond acceptors (Lipinski definition) is 5. The van der Waals surface area contributed by atoms with Crippen molar-refractivity contribution in [3.8, 4) is 0 Å². The van der Waals surface area contributed by atoms with E-state index in [-0.39, 0.29) is 12.2 Å². The summed E-state index contributed by atoms with van der Waals surface area (Å²) < 4.78 is 12.4. The summed E-state index contributed by atoms with van der Waals surface area (Å²) in [5.74, 6) is 0. The number of aryl methyl sites for hydroxylation is 1. The van der Waals surface area contributed by atoms with Gasteiger partial charge in [0.1, 0.15) is 0 Å². The predicted molar refractivity (Wildman–Crippen MR) is 95.0 cm³/mol. The average Bonchev–Trinajstić information content (AvgIpc) is 3.13. The summed E-state index contributed by atoms with van der Waals surface area (Å²) in [6, 6.07) is 6.71. The van der Waals surface area contributed by atoms with Crippen LogP contribution in [0.3, 0.4) is 0 Å². The Balaban J connectivity index is 1.46. The first-order chi connectivity index (χ1) is 11.8. The normalized spacial score (nSPS) is 27.3. The summed E-state index contributed by atoms with van der Waals surface area (Å²) in [6.45, 7) is 5.65. The zero-order valence-electron chi connectivity index (χ0n) is 14.1. The predicted octanol–water partition coefficient (Wildman–Crippen LogP) is 3.40. The van der Waals surface area contributed by atoms with Gasteiger partial charge in [0.05, 0.1) is 25.4 Å². The molecule has 4 rings (SSSR count). The van der Waals surface area contributed by atoms with E-state index in [1.807, 2.05) is 35.9 Å². The zero-order valence-corrected chi connectivity index (χ0v) is 14.9. The van der Waals surface area contributed by atoms with Crippen LogP contribution in [0.1, 0.15) is 28.8 Å². The highest BCUT2D eigenvalue weighted by Gasteiger charge is 2.43. The summed E-state index contributed by atoms with van der Waals surface area (Å²) in [6.07, 6.45) is 6.32. The molecule has 5 heteroatoms. The Bertz CT molecular complexity index is 660. The van der Waals surface area contributed by atoms with Crippen molar-refractivity contribution in [2.75, 3.05) is 13.2 Å². The van der Waals surface area contributed by atoms with Crippen LogP contribution < -0.4 is 0 Å². The van der Waals surface area contributed by atoms with Gasteiger partial charge >= 0.3 is 0 Å². The molecular formula is C19H24N2O2S. The Morgan fingerprint density at radius 2 is 2.17 bits per heavy atom. The van der Waals surface area contributed by atoms with E-state index in [0.29, 0.717) is 12.6 Å². The van der Waals surface area contributed by atoms with Crippen molar-refractivity contribution in [3.63, 3.8) is 0 Å². The molecule has 3 atom stereocenters. The first kappa shape index (κ1) is 16.2. The number of rotatable bonds is 5. The third kappa shape index (κ3) is 3.40. The maximum Gasteiger partial charge on any atom is 0.0995 e. The summed E-state index contributed by atoms with van der Waals surface area (Å²) in [5, 5.41) is 2.19. The lowest BCUT2D eigenvalue weighted by Gasteiger charge is -2.31. The maximum atomic E-state index is 6.32. The molecule has 0 spiro atoms. The van der Waals surface area contributed by atoms with Crippen LogP contribution >= 0.6 is 11.3 Å². The van der Waals surface area contributed by atoms with Crippen molar-refractivity contribution >= 4 is 11.3 Å². The minimum atomic E-state index is 0.168. The number of hydrogen-bond donors (Lipinski definition) is 0. The third-order valence-corrected chi connectivity index (χ3v) is 6.19. The van der Waals surface area contributed by atoms with Gasteiger partial charge in [-0.15, -0.1) is 11.3 Å². The molecule has 2 fully saturated rings. The second kappa shape index (κ2) is 7.31. The van der Waals surface area contributed by atoms with Crippen molar-refractivity contribution < 1.29 is 9.47 Å². The van der Waals surface area contributed by atoms with Crippen LogP contribution in [0.15, 0.2) is 36.0 Å². The van der Waals surface area contributed by atoms with Gasteiger partial charge in [0.2, 0.25) is 0 Å². The smallest absolute Gasteiger partial charge is 0.0995 e. The lowest BCUT2D eigenvalue weighted by Crippen LogP contribution is -2.42. The second-order valence-corrected chi connectivity index (χ2v) is 7.68. The van der Waals surface area contributed by atoms with Crippen LogP contribution in [0.2, 0.25) is 0 Å². The SMILES string of the molecule is Cc1ccsc1CN1CCO[C@H]2CC[C@H]1[C@@H]2OCc1ccncc1. The van der Waals surface area contributed by atoms with Gasteiger partial charge in [-0.1, -0.05) is 0 Å². The van der Waals surface area contributed by atoms with E-state index in [2.05, 4.69) is 28.3 Å². The molecule has 0 unspecified atom stereocenters. The van der Waals surface area contributed by atoms with E-state index in [9.17, 15) is 0 Å². The van der Waals surface area contributed by atoms with Gasteiger partial charge in [-0.3, -0.25) is 9.88 Å². The van der Waals surface area contributed by atoms with Gasteiger partial charge in [-0.05, 0) is 54.5 Å². The van der Waals surface area contributed by atoms with E-state index in [1.54, 1.807) is 0 Å². The molecule has 3 heterocycles. The van der Waals surface area contributed by atoms with Crippen LogP contribution in [-0.4, -0.2) is 41.3 Å². The molecule has 2 aromatic heterocycles. The van der Waals surface area contributed by atoms with Gasteiger partial charge in [-0.2, -0.15) is 0 Å². The van der Waals surface area contributed by atoms with E-state index >= 15 is 0 Å². The minimum Gasteiger partial charge on any atom is -0.374 e. The zero-order chi connectivity index (χ0) is 16.4. The summed E-state index contributed by atoms with van der Waals surface area (Å²) >= 11 is 1.86. The molecule has 0 amide bonds. The molecule has 2 bridgehead atoms. The van der Waals surface area contributed by atoms with Gasteiger partial charge in [0.15, 0.2) is 0 Å². The lowest BCUT2D eigenvalue weighted by molar-refractivity contribution is -0.0613. The molecule has 0 radical (unpaired) electrons. The van der Waals surface area contributed by atoms with Crippen LogP contribution in [0.5, 0.6) is 0 Å². The fourth-order valence-corrected chi connectivity index (χ4v) is 4.73. The number of aromatic nitrogens is 1. The Morgan fingerprint density at radius 1 is 1.29 bits per heavy atom. The summed E-state index contributed by atoms with van der Waals surface area (Å²) in [5.41, 5.74) is 2.57.